The van der Waals surface area contributed by atoms with Crippen molar-refractivity contribution in [1.82, 2.24) is 4.31 Å². The molecule has 3 aromatic carbocycles. The van der Waals surface area contributed by atoms with Crippen LogP contribution in [-0.4, -0.2) is 44.1 Å². The summed E-state index contributed by atoms with van der Waals surface area (Å²) in [6.45, 7) is -3.79. The van der Waals surface area contributed by atoms with Crippen molar-refractivity contribution in [3.8, 4) is 22.6 Å². The fourth-order valence-electron chi connectivity index (χ4n) is 4.48. The first kappa shape index (κ1) is 25.6. The maximum Gasteiger partial charge on any atom is 0.387 e. The van der Waals surface area contributed by atoms with Gasteiger partial charge in [0.1, 0.15) is 18.0 Å². The van der Waals surface area contributed by atoms with E-state index in [1.165, 1.54) is 0 Å². The molecule has 36 heavy (non-hydrogen) atoms. The van der Waals surface area contributed by atoms with Crippen LogP contribution in [0.15, 0.2) is 77.7 Å². The SMILES string of the molecule is COc1cccc(-c2ccc(C3(N(CC(=O)O)S(=O)(=O)c4ccc(OC(F)F)cc4)CCC3)cc2)c1. The number of carboxylic acid groups (broad SMARTS) is 1. The molecule has 0 aromatic heterocycles. The maximum absolute atomic E-state index is 13.6. The van der Waals surface area contributed by atoms with Crippen LogP contribution < -0.4 is 9.47 Å². The molecule has 1 aliphatic rings. The normalized spacial score (nSPS) is 14.9. The van der Waals surface area contributed by atoms with Gasteiger partial charge < -0.3 is 14.6 Å². The Labute approximate surface area is 207 Å². The molecule has 190 valence electrons. The Bertz CT molecular complexity index is 1320. The molecule has 0 unspecified atom stereocenters. The summed E-state index contributed by atoms with van der Waals surface area (Å²) in [7, 11) is -2.70. The molecular weight excluding hydrogens is 492 g/mol. The minimum atomic E-state index is -4.29. The van der Waals surface area contributed by atoms with Gasteiger partial charge in [-0.05, 0) is 72.4 Å². The number of aliphatic carboxylic acids is 1. The van der Waals surface area contributed by atoms with Gasteiger partial charge in [-0.25, -0.2) is 8.42 Å². The highest BCUT2D eigenvalue weighted by atomic mass is 32.2. The van der Waals surface area contributed by atoms with Crippen molar-refractivity contribution in [2.24, 2.45) is 0 Å². The molecule has 1 saturated carbocycles. The summed E-state index contributed by atoms with van der Waals surface area (Å²) >= 11 is 0. The average Bonchev–Trinajstić information content (AvgIpc) is 2.83. The topological polar surface area (TPSA) is 93.1 Å². The first-order valence-electron chi connectivity index (χ1n) is 11.2. The van der Waals surface area contributed by atoms with Gasteiger partial charge in [0, 0.05) is 0 Å². The zero-order chi connectivity index (χ0) is 25.9. The third-order valence-corrected chi connectivity index (χ3v) is 8.33. The molecular formula is C26H25F2NO6S. The highest BCUT2D eigenvalue weighted by molar-refractivity contribution is 7.89. The number of benzene rings is 3. The van der Waals surface area contributed by atoms with Crippen LogP contribution in [0.5, 0.6) is 11.5 Å². The molecule has 3 aromatic rings. The summed E-state index contributed by atoms with van der Waals surface area (Å²) < 4.78 is 62.8. The fourth-order valence-corrected chi connectivity index (χ4v) is 6.24. The van der Waals surface area contributed by atoms with E-state index in [1.807, 2.05) is 48.5 Å². The Kier molecular flexibility index (Phi) is 7.28. The lowest BCUT2D eigenvalue weighted by Gasteiger charge is -2.49. The Balaban J connectivity index is 1.70. The van der Waals surface area contributed by atoms with Crippen molar-refractivity contribution in [3.63, 3.8) is 0 Å². The molecule has 0 bridgehead atoms. The Hall–Kier alpha value is -3.50. The van der Waals surface area contributed by atoms with Crippen LogP contribution in [-0.2, 0) is 20.4 Å². The average molecular weight is 518 g/mol. The number of sulfonamides is 1. The number of carbonyl (C=O) groups is 1. The number of alkyl halides is 2. The summed E-state index contributed by atoms with van der Waals surface area (Å²) in [5, 5.41) is 9.59. The number of rotatable bonds is 10. The van der Waals surface area contributed by atoms with Crippen molar-refractivity contribution >= 4 is 16.0 Å². The molecule has 1 fully saturated rings. The fraction of sp³-hybridized carbons (Fsp3) is 0.269. The molecule has 1 N–H and O–H groups in total. The van der Waals surface area contributed by atoms with Crippen molar-refractivity contribution in [2.45, 2.75) is 36.3 Å². The predicted octanol–water partition coefficient (Wildman–Crippen LogP) is 5.12. The lowest BCUT2D eigenvalue weighted by Crippen LogP contribution is -2.55. The van der Waals surface area contributed by atoms with Crippen molar-refractivity contribution in [2.75, 3.05) is 13.7 Å². The lowest BCUT2D eigenvalue weighted by molar-refractivity contribution is -0.139. The molecule has 0 aliphatic heterocycles. The largest absolute Gasteiger partial charge is 0.497 e. The van der Waals surface area contributed by atoms with Crippen LogP contribution in [0.2, 0.25) is 0 Å². The first-order chi connectivity index (χ1) is 17.2. The molecule has 10 heteroatoms. The van der Waals surface area contributed by atoms with Crippen LogP contribution in [0.3, 0.4) is 0 Å². The number of hydrogen-bond donors (Lipinski definition) is 1. The van der Waals surface area contributed by atoms with E-state index in [2.05, 4.69) is 4.74 Å². The summed E-state index contributed by atoms with van der Waals surface area (Å²) in [5.74, 6) is -0.786. The van der Waals surface area contributed by atoms with Crippen molar-refractivity contribution in [1.29, 1.82) is 0 Å². The minimum absolute atomic E-state index is 0.194. The number of hydrogen-bond acceptors (Lipinski definition) is 5. The third-order valence-electron chi connectivity index (χ3n) is 6.40. The van der Waals surface area contributed by atoms with Crippen LogP contribution in [0.25, 0.3) is 11.1 Å². The van der Waals surface area contributed by atoms with Gasteiger partial charge in [-0.3, -0.25) is 4.79 Å². The Morgan fingerprint density at radius 3 is 2.19 bits per heavy atom. The van der Waals surface area contributed by atoms with E-state index in [4.69, 9.17) is 4.74 Å². The number of ether oxygens (including phenoxy) is 2. The molecule has 7 nitrogen and oxygen atoms in total. The highest BCUT2D eigenvalue weighted by Gasteiger charge is 2.50. The van der Waals surface area contributed by atoms with E-state index >= 15 is 0 Å². The first-order valence-corrected chi connectivity index (χ1v) is 12.6. The van der Waals surface area contributed by atoms with Crippen LogP contribution in [0, 0.1) is 0 Å². The zero-order valence-corrected chi connectivity index (χ0v) is 20.3. The number of halogens is 2. The summed E-state index contributed by atoms with van der Waals surface area (Å²) in [5.41, 5.74) is 1.46. The van der Waals surface area contributed by atoms with Crippen molar-refractivity contribution < 1.29 is 36.6 Å². The molecule has 0 amide bonds. The van der Waals surface area contributed by atoms with E-state index in [0.717, 1.165) is 46.1 Å². The molecule has 4 rings (SSSR count). The lowest BCUT2D eigenvalue weighted by atomic mass is 9.71. The Morgan fingerprint density at radius 1 is 1.00 bits per heavy atom. The molecule has 0 saturated heterocycles. The van der Waals surface area contributed by atoms with Gasteiger partial charge in [-0.1, -0.05) is 36.4 Å². The zero-order valence-electron chi connectivity index (χ0n) is 19.4. The molecule has 1 aliphatic carbocycles. The molecule has 0 radical (unpaired) electrons. The standard InChI is InChI=1S/C26H25F2NO6S/c1-34-22-5-2-4-19(16-22)18-6-8-20(9-7-18)26(14-3-15-26)29(17-24(30)31)36(32,33)23-12-10-21(11-13-23)35-25(27)28/h2,4-13,16,25H,3,14-15,17H2,1H3,(H,30,31). The van der Waals surface area contributed by atoms with Gasteiger partial charge in [-0.15, -0.1) is 0 Å². The van der Waals surface area contributed by atoms with Crippen LogP contribution in [0.1, 0.15) is 24.8 Å². The molecule has 0 spiro atoms. The number of nitrogens with zero attached hydrogens (tertiary/aromatic N) is 1. The smallest absolute Gasteiger partial charge is 0.387 e. The van der Waals surface area contributed by atoms with E-state index in [9.17, 15) is 27.1 Å². The van der Waals surface area contributed by atoms with Gasteiger partial charge in [0.15, 0.2) is 0 Å². The number of carboxylic acids is 1. The Morgan fingerprint density at radius 2 is 1.67 bits per heavy atom. The van der Waals surface area contributed by atoms with Gasteiger partial charge in [0.2, 0.25) is 10.0 Å². The highest BCUT2D eigenvalue weighted by Crippen LogP contribution is 2.49. The second-order valence-electron chi connectivity index (χ2n) is 8.45. The van der Waals surface area contributed by atoms with E-state index in [1.54, 1.807) is 7.11 Å². The summed E-state index contributed by atoms with van der Waals surface area (Å²) in [4.78, 5) is 11.6. The molecule has 0 atom stereocenters. The monoisotopic (exact) mass is 517 g/mol. The van der Waals surface area contributed by atoms with Crippen LogP contribution in [0.4, 0.5) is 8.78 Å². The minimum Gasteiger partial charge on any atom is -0.497 e. The predicted molar refractivity (Wildman–Crippen MR) is 129 cm³/mol. The second-order valence-corrected chi connectivity index (χ2v) is 10.3. The second kappa shape index (κ2) is 10.2. The van der Waals surface area contributed by atoms with Gasteiger partial charge in [0.25, 0.3) is 0 Å². The number of methoxy groups -OCH3 is 1. The maximum atomic E-state index is 13.6. The van der Waals surface area contributed by atoms with Gasteiger partial charge in [0.05, 0.1) is 17.5 Å². The molecule has 0 heterocycles. The quantitative estimate of drug-likeness (QED) is 0.401. The van der Waals surface area contributed by atoms with E-state index in [0.29, 0.717) is 24.2 Å². The summed E-state index contributed by atoms with van der Waals surface area (Å²) in [6, 6.07) is 19.4. The van der Waals surface area contributed by atoms with Crippen molar-refractivity contribution in [3.05, 3.63) is 78.4 Å². The van der Waals surface area contributed by atoms with E-state index in [-0.39, 0.29) is 10.6 Å². The van der Waals surface area contributed by atoms with Crippen LogP contribution >= 0.6 is 0 Å². The third kappa shape index (κ3) is 5.05. The van der Waals surface area contributed by atoms with Gasteiger partial charge >= 0.3 is 12.6 Å². The van der Waals surface area contributed by atoms with E-state index < -0.39 is 34.7 Å². The summed E-state index contributed by atoms with van der Waals surface area (Å²) in [6.07, 6.45) is 1.62. The van der Waals surface area contributed by atoms with Gasteiger partial charge in [-0.2, -0.15) is 13.1 Å².